The second kappa shape index (κ2) is 10.1. The molecule has 0 saturated heterocycles. The van der Waals surface area contributed by atoms with Crippen molar-refractivity contribution in [1.29, 1.82) is 0 Å². The molecule has 0 saturated carbocycles. The van der Waals surface area contributed by atoms with Crippen molar-refractivity contribution in [3.63, 3.8) is 0 Å². The summed E-state index contributed by atoms with van der Waals surface area (Å²) in [6.07, 6.45) is -11.1. The molecule has 0 radical (unpaired) electrons. The normalized spacial score (nSPS) is 15.7. The highest BCUT2D eigenvalue weighted by molar-refractivity contribution is 5.79. The second-order valence-electron chi connectivity index (χ2n) is 9.24. The molecule has 1 aliphatic carbocycles. The average Bonchev–Trinajstić information content (AvgIpc) is 3.19. The molecule has 1 aliphatic rings. The fourth-order valence-corrected chi connectivity index (χ4v) is 4.16. The van der Waals surface area contributed by atoms with Gasteiger partial charge in [0.05, 0.1) is 0 Å². The maximum Gasteiger partial charge on any atom is 0.460 e. The van der Waals surface area contributed by atoms with Crippen molar-refractivity contribution in [2.45, 2.75) is 60.0 Å². The van der Waals surface area contributed by atoms with Crippen molar-refractivity contribution in [2.75, 3.05) is 6.61 Å². The monoisotopic (exact) mass is 656 g/mol. The summed E-state index contributed by atoms with van der Waals surface area (Å²) in [4.78, 5) is 11.9. The Balaban J connectivity index is 1.86. The number of fused-ring (bicyclic) bond motifs is 3. The van der Waals surface area contributed by atoms with E-state index in [0.29, 0.717) is 22.3 Å². The standard InChI is InChI=1S/C24H13F17O2/c25-17(26,9-16(42)43-10-15-13-7-3-1-5-11(13)12-6-2-4-8-14(12)15)18(27,28)19(29,30)20(31,32)21(33,34)22(35,36)23(37,38)24(39,40)41/h1-8,15H,9-10H2. The van der Waals surface area contributed by atoms with E-state index in [9.17, 15) is 79.4 Å². The molecule has 0 bridgehead atoms. The number of ether oxygens (including phenoxy) is 1. The highest BCUT2D eigenvalue weighted by Crippen LogP contribution is 2.64. The van der Waals surface area contributed by atoms with Crippen LogP contribution in [0.4, 0.5) is 74.6 Å². The molecular weight excluding hydrogens is 643 g/mol. The van der Waals surface area contributed by atoms with Crippen molar-refractivity contribution < 1.29 is 84.2 Å². The molecule has 0 unspecified atom stereocenters. The summed E-state index contributed by atoms with van der Waals surface area (Å²) in [5.41, 5.74) is 1.90. The van der Waals surface area contributed by atoms with Crippen molar-refractivity contribution in [2.24, 2.45) is 0 Å². The minimum Gasteiger partial charge on any atom is -0.464 e. The van der Waals surface area contributed by atoms with Crippen LogP contribution in [0.2, 0.25) is 0 Å². The Morgan fingerprint density at radius 3 is 1.28 bits per heavy atom. The maximum absolute atomic E-state index is 14.1. The van der Waals surface area contributed by atoms with Gasteiger partial charge in [0.2, 0.25) is 0 Å². The molecule has 2 nitrogen and oxygen atoms in total. The zero-order valence-electron chi connectivity index (χ0n) is 20.4. The van der Waals surface area contributed by atoms with Crippen LogP contribution in [0.3, 0.4) is 0 Å². The molecule has 0 aromatic heterocycles. The first-order chi connectivity index (χ1) is 19.2. The molecule has 0 amide bonds. The summed E-state index contributed by atoms with van der Waals surface area (Å²) in [5.74, 6) is -61.0. The average molecular weight is 656 g/mol. The molecule has 0 atom stereocenters. The number of hydrogen-bond acceptors (Lipinski definition) is 2. The SMILES string of the molecule is O=C(CC(F)(F)C(F)(F)C(F)(F)C(F)(F)C(F)(F)C(F)(F)C(F)(F)C(F)(F)F)OCC1c2ccccc2-c2ccccc21. The van der Waals surface area contributed by atoms with Crippen LogP contribution in [0, 0.1) is 0 Å². The molecule has 0 fully saturated rings. The molecule has 0 spiro atoms. The Bertz CT molecular complexity index is 1320. The van der Waals surface area contributed by atoms with Gasteiger partial charge >= 0.3 is 53.6 Å². The van der Waals surface area contributed by atoms with E-state index in [-0.39, 0.29) is 0 Å². The number of alkyl halides is 17. The first kappa shape index (κ1) is 34.2. The Morgan fingerprint density at radius 2 is 0.884 bits per heavy atom. The van der Waals surface area contributed by atoms with Crippen LogP contribution in [-0.4, -0.2) is 60.2 Å². The van der Waals surface area contributed by atoms with Crippen molar-refractivity contribution in [3.8, 4) is 11.1 Å². The molecule has 240 valence electrons. The minimum absolute atomic E-state index is 0.401. The van der Waals surface area contributed by atoms with Crippen LogP contribution < -0.4 is 0 Å². The fourth-order valence-electron chi connectivity index (χ4n) is 4.16. The summed E-state index contributed by atoms with van der Waals surface area (Å²) in [7, 11) is 0. The molecule has 0 heterocycles. The lowest BCUT2D eigenvalue weighted by Gasteiger charge is -2.42. The lowest BCUT2D eigenvalue weighted by Crippen LogP contribution is -2.74. The molecule has 2 aromatic carbocycles. The minimum atomic E-state index is -8.73. The van der Waals surface area contributed by atoms with E-state index in [0.717, 1.165) is 0 Å². The second-order valence-corrected chi connectivity index (χ2v) is 9.24. The van der Waals surface area contributed by atoms with E-state index in [1.54, 1.807) is 24.3 Å². The van der Waals surface area contributed by atoms with Crippen LogP contribution in [-0.2, 0) is 9.53 Å². The summed E-state index contributed by atoms with van der Waals surface area (Å²) in [6.45, 7) is -0.947. The molecule has 3 rings (SSSR count). The number of hydrogen-bond donors (Lipinski definition) is 0. The predicted octanol–water partition coefficient (Wildman–Crippen LogP) is 8.74. The number of halogens is 17. The summed E-state index contributed by atoms with van der Waals surface area (Å²) < 4.78 is 232. The number of esters is 1. The highest BCUT2D eigenvalue weighted by atomic mass is 19.4. The Morgan fingerprint density at radius 1 is 0.535 bits per heavy atom. The zero-order chi connectivity index (χ0) is 33.2. The quantitative estimate of drug-likeness (QED) is 0.189. The topological polar surface area (TPSA) is 26.3 Å². The van der Waals surface area contributed by atoms with Crippen LogP contribution in [0.25, 0.3) is 11.1 Å². The van der Waals surface area contributed by atoms with E-state index in [1.807, 2.05) is 0 Å². The number of carbonyl (C=O) groups excluding carboxylic acids is 1. The Kier molecular flexibility index (Phi) is 8.07. The number of rotatable bonds is 10. The largest absolute Gasteiger partial charge is 0.464 e. The third-order valence-corrected chi connectivity index (χ3v) is 6.53. The molecule has 0 N–H and O–H groups in total. The lowest BCUT2D eigenvalue weighted by molar-refractivity contribution is -0.461. The smallest absolute Gasteiger partial charge is 0.460 e. The van der Waals surface area contributed by atoms with E-state index in [4.69, 9.17) is 0 Å². The first-order valence-corrected chi connectivity index (χ1v) is 11.3. The van der Waals surface area contributed by atoms with Gasteiger partial charge in [-0.25, -0.2) is 0 Å². The van der Waals surface area contributed by atoms with Gasteiger partial charge in [-0.3, -0.25) is 4.79 Å². The van der Waals surface area contributed by atoms with Crippen molar-refractivity contribution in [3.05, 3.63) is 59.7 Å². The highest BCUT2D eigenvalue weighted by Gasteiger charge is 2.95. The molecule has 0 aliphatic heterocycles. The summed E-state index contributed by atoms with van der Waals surface area (Å²) >= 11 is 0. The predicted molar refractivity (Wildman–Crippen MR) is 110 cm³/mol. The first-order valence-electron chi connectivity index (χ1n) is 11.3. The van der Waals surface area contributed by atoms with Gasteiger partial charge in [-0.1, -0.05) is 48.5 Å². The van der Waals surface area contributed by atoms with Crippen LogP contribution in [0.1, 0.15) is 23.5 Å². The molecule has 19 heteroatoms. The van der Waals surface area contributed by atoms with Crippen LogP contribution >= 0.6 is 0 Å². The zero-order valence-corrected chi connectivity index (χ0v) is 20.4. The van der Waals surface area contributed by atoms with Crippen LogP contribution in [0.15, 0.2) is 48.5 Å². The molecule has 2 aromatic rings. The van der Waals surface area contributed by atoms with Gasteiger partial charge in [-0.15, -0.1) is 0 Å². The van der Waals surface area contributed by atoms with Gasteiger partial charge in [0.15, 0.2) is 0 Å². The van der Waals surface area contributed by atoms with Crippen molar-refractivity contribution in [1.82, 2.24) is 0 Å². The van der Waals surface area contributed by atoms with E-state index >= 15 is 0 Å². The maximum atomic E-state index is 14.1. The Labute approximate surface area is 228 Å². The number of carbonyl (C=O) groups is 1. The van der Waals surface area contributed by atoms with Crippen LogP contribution in [0.5, 0.6) is 0 Å². The summed E-state index contributed by atoms with van der Waals surface area (Å²) in [5, 5.41) is 0. The number of benzene rings is 2. The van der Waals surface area contributed by atoms with Gasteiger partial charge in [-0.05, 0) is 22.3 Å². The van der Waals surface area contributed by atoms with Gasteiger partial charge in [0, 0.05) is 5.92 Å². The van der Waals surface area contributed by atoms with Gasteiger partial charge in [-0.2, -0.15) is 74.6 Å². The van der Waals surface area contributed by atoms with Gasteiger partial charge in [0.1, 0.15) is 13.0 Å². The third kappa shape index (κ3) is 4.85. The van der Waals surface area contributed by atoms with Gasteiger partial charge in [0.25, 0.3) is 0 Å². The Hall–Kier alpha value is -3.28. The van der Waals surface area contributed by atoms with E-state index in [2.05, 4.69) is 4.74 Å². The fraction of sp³-hybridized carbons (Fsp3) is 0.458. The molecule has 43 heavy (non-hydrogen) atoms. The van der Waals surface area contributed by atoms with E-state index in [1.165, 1.54) is 24.3 Å². The summed E-state index contributed by atoms with van der Waals surface area (Å²) in [6, 6.07) is 12.2. The van der Waals surface area contributed by atoms with Gasteiger partial charge < -0.3 is 4.74 Å². The van der Waals surface area contributed by atoms with Crippen molar-refractivity contribution >= 4 is 5.97 Å². The van der Waals surface area contributed by atoms with E-state index < -0.39 is 72.5 Å². The lowest BCUT2D eigenvalue weighted by atomic mass is 9.88. The molecular formula is C24H13F17O2. The third-order valence-electron chi connectivity index (χ3n) is 6.53.